The average Bonchev–Trinajstić information content (AvgIpc) is 3.39. The number of hydrogen-bond acceptors (Lipinski definition) is 2. The Labute approximate surface area is 202 Å². The van der Waals surface area contributed by atoms with Gasteiger partial charge in [0.25, 0.3) is 0 Å². The summed E-state index contributed by atoms with van der Waals surface area (Å²) in [5, 5.41) is 3.54. The summed E-state index contributed by atoms with van der Waals surface area (Å²) in [6.07, 6.45) is 4.01. The van der Waals surface area contributed by atoms with Crippen LogP contribution in [0.1, 0.15) is 36.0 Å². The minimum Gasteiger partial charge on any atom is -0.352 e. The maximum Gasteiger partial charge on any atom is 0.222 e. The van der Waals surface area contributed by atoms with Gasteiger partial charge in [0.05, 0.1) is 0 Å². The second kappa shape index (κ2) is 11.5. The van der Waals surface area contributed by atoms with Crippen molar-refractivity contribution in [1.82, 2.24) is 15.1 Å². The Morgan fingerprint density at radius 1 is 1.06 bits per heavy atom. The smallest absolute Gasteiger partial charge is 0.222 e. The lowest BCUT2D eigenvalue weighted by atomic mass is 9.99. The molecule has 0 bridgehead atoms. The Hall–Kier alpha value is -2.09. The number of rotatable bonds is 6. The molecule has 2 saturated heterocycles. The zero-order valence-electron chi connectivity index (χ0n) is 18.3. The molecule has 4 rings (SSSR count). The van der Waals surface area contributed by atoms with Gasteiger partial charge in [-0.3, -0.25) is 9.79 Å². The van der Waals surface area contributed by atoms with Gasteiger partial charge >= 0.3 is 0 Å². The van der Waals surface area contributed by atoms with Gasteiger partial charge in [0, 0.05) is 46.2 Å². The molecule has 6 heteroatoms. The van der Waals surface area contributed by atoms with Crippen molar-refractivity contribution in [2.75, 3.05) is 26.7 Å². The van der Waals surface area contributed by atoms with E-state index in [4.69, 9.17) is 0 Å². The van der Waals surface area contributed by atoms with Crippen molar-refractivity contribution in [2.45, 2.75) is 38.8 Å². The molecular formula is C25H33IN4O. The van der Waals surface area contributed by atoms with Gasteiger partial charge in [0.15, 0.2) is 5.96 Å². The van der Waals surface area contributed by atoms with Crippen LogP contribution in [0.25, 0.3) is 0 Å². The third-order valence-electron chi connectivity index (χ3n) is 6.15. The van der Waals surface area contributed by atoms with E-state index in [2.05, 4.69) is 69.8 Å². The summed E-state index contributed by atoms with van der Waals surface area (Å²) in [6, 6.07) is 19.3. The van der Waals surface area contributed by atoms with Crippen LogP contribution in [0.4, 0.5) is 0 Å². The van der Waals surface area contributed by atoms with E-state index >= 15 is 0 Å². The van der Waals surface area contributed by atoms with Crippen LogP contribution in [0.5, 0.6) is 0 Å². The van der Waals surface area contributed by atoms with Gasteiger partial charge in [-0.25, -0.2) is 0 Å². The molecule has 5 nitrogen and oxygen atoms in total. The van der Waals surface area contributed by atoms with E-state index in [0.29, 0.717) is 18.9 Å². The third-order valence-corrected chi connectivity index (χ3v) is 6.15. The first-order chi connectivity index (χ1) is 14.7. The molecule has 1 atom stereocenters. The molecule has 2 heterocycles. The standard InChI is InChI=1S/C25H32N4O.HI/c1-26-25(29-14-12-23(19-29)15-20-7-3-2-4-8-20)27-17-21-9-5-10-22(16-21)18-28-13-6-11-24(28)30;/h2-5,7-10,16,23H,6,11-15,17-19H2,1H3,(H,26,27);1H. The van der Waals surface area contributed by atoms with Gasteiger partial charge in [0.1, 0.15) is 0 Å². The van der Waals surface area contributed by atoms with E-state index in [9.17, 15) is 4.79 Å². The Morgan fingerprint density at radius 2 is 1.84 bits per heavy atom. The normalized spacial score (nSPS) is 18.9. The zero-order valence-corrected chi connectivity index (χ0v) is 20.6. The van der Waals surface area contributed by atoms with Crippen LogP contribution in [-0.4, -0.2) is 48.3 Å². The summed E-state index contributed by atoms with van der Waals surface area (Å²) in [4.78, 5) is 20.8. The minimum atomic E-state index is 0. The highest BCUT2D eigenvalue weighted by Crippen LogP contribution is 2.21. The quantitative estimate of drug-likeness (QED) is 0.347. The van der Waals surface area contributed by atoms with E-state index in [1.807, 2.05) is 11.9 Å². The SMILES string of the molecule is CN=C(NCc1cccc(CN2CCCC2=O)c1)N1CCC(Cc2ccccc2)C1.I. The number of amides is 1. The van der Waals surface area contributed by atoms with Crippen LogP contribution in [-0.2, 0) is 24.3 Å². The van der Waals surface area contributed by atoms with E-state index in [1.54, 1.807) is 0 Å². The van der Waals surface area contributed by atoms with Crippen LogP contribution in [0.2, 0.25) is 0 Å². The number of nitrogens with one attached hydrogen (secondary N) is 1. The number of hydrogen-bond donors (Lipinski definition) is 1. The predicted octanol–water partition coefficient (Wildman–Crippen LogP) is 4.07. The van der Waals surface area contributed by atoms with Crippen LogP contribution in [0.3, 0.4) is 0 Å². The van der Waals surface area contributed by atoms with Crippen molar-refractivity contribution >= 4 is 35.8 Å². The molecule has 0 aromatic heterocycles. The predicted molar refractivity (Wildman–Crippen MR) is 137 cm³/mol. The van der Waals surface area contributed by atoms with Crippen molar-refractivity contribution in [1.29, 1.82) is 0 Å². The maximum atomic E-state index is 11.9. The van der Waals surface area contributed by atoms with Crippen molar-refractivity contribution < 1.29 is 4.79 Å². The number of likely N-dealkylation sites (tertiary alicyclic amines) is 2. The molecule has 2 aromatic rings. The Bertz CT molecular complexity index is 886. The van der Waals surface area contributed by atoms with Crippen LogP contribution < -0.4 is 5.32 Å². The van der Waals surface area contributed by atoms with Crippen LogP contribution in [0, 0.1) is 5.92 Å². The first-order valence-electron chi connectivity index (χ1n) is 11.1. The molecule has 0 saturated carbocycles. The Morgan fingerprint density at radius 3 is 2.58 bits per heavy atom. The second-order valence-electron chi connectivity index (χ2n) is 8.43. The first kappa shape index (κ1) is 23.6. The van der Waals surface area contributed by atoms with Crippen molar-refractivity contribution in [3.05, 3.63) is 71.3 Å². The molecular weight excluding hydrogens is 499 g/mol. The summed E-state index contributed by atoms with van der Waals surface area (Å²) in [7, 11) is 1.86. The molecule has 2 aliphatic heterocycles. The van der Waals surface area contributed by atoms with Crippen LogP contribution >= 0.6 is 24.0 Å². The molecule has 2 aromatic carbocycles. The highest BCUT2D eigenvalue weighted by molar-refractivity contribution is 14.0. The van der Waals surface area contributed by atoms with Gasteiger partial charge < -0.3 is 15.1 Å². The lowest BCUT2D eigenvalue weighted by Crippen LogP contribution is -2.39. The molecule has 31 heavy (non-hydrogen) atoms. The fraction of sp³-hybridized carbons (Fsp3) is 0.440. The van der Waals surface area contributed by atoms with Gasteiger partial charge in [-0.1, -0.05) is 54.6 Å². The lowest BCUT2D eigenvalue weighted by molar-refractivity contribution is -0.128. The minimum absolute atomic E-state index is 0. The molecule has 0 radical (unpaired) electrons. The van der Waals surface area contributed by atoms with Gasteiger partial charge in [0.2, 0.25) is 5.91 Å². The molecule has 0 aliphatic carbocycles. The third kappa shape index (κ3) is 6.45. The Balaban J connectivity index is 0.00000272. The van der Waals surface area contributed by atoms with Gasteiger partial charge in [-0.15, -0.1) is 24.0 Å². The highest BCUT2D eigenvalue weighted by atomic mass is 127. The number of carbonyl (C=O) groups is 1. The first-order valence-corrected chi connectivity index (χ1v) is 11.1. The molecule has 0 spiro atoms. The fourth-order valence-corrected chi connectivity index (χ4v) is 4.58. The summed E-state index contributed by atoms with van der Waals surface area (Å²) in [6.45, 7) is 4.44. The van der Waals surface area contributed by atoms with E-state index in [-0.39, 0.29) is 29.9 Å². The average molecular weight is 532 g/mol. The zero-order chi connectivity index (χ0) is 20.8. The second-order valence-corrected chi connectivity index (χ2v) is 8.43. The summed E-state index contributed by atoms with van der Waals surface area (Å²) in [5.74, 6) is 1.93. The highest BCUT2D eigenvalue weighted by Gasteiger charge is 2.25. The molecule has 166 valence electrons. The maximum absolute atomic E-state index is 11.9. The lowest BCUT2D eigenvalue weighted by Gasteiger charge is -2.22. The largest absolute Gasteiger partial charge is 0.352 e. The number of aliphatic imine (C=N–C) groups is 1. The topological polar surface area (TPSA) is 47.9 Å². The summed E-state index contributed by atoms with van der Waals surface area (Å²) >= 11 is 0. The van der Waals surface area contributed by atoms with E-state index in [1.165, 1.54) is 23.1 Å². The van der Waals surface area contributed by atoms with E-state index in [0.717, 1.165) is 45.0 Å². The van der Waals surface area contributed by atoms with Gasteiger partial charge in [-0.05, 0) is 41.9 Å². The molecule has 1 amide bonds. The molecule has 2 aliphatic rings. The number of carbonyl (C=O) groups excluding carboxylic acids is 1. The monoisotopic (exact) mass is 532 g/mol. The van der Waals surface area contributed by atoms with Crippen molar-refractivity contribution in [3.63, 3.8) is 0 Å². The molecule has 1 N–H and O–H groups in total. The summed E-state index contributed by atoms with van der Waals surface area (Å²) < 4.78 is 0. The number of halogens is 1. The molecule has 1 unspecified atom stereocenters. The van der Waals surface area contributed by atoms with Crippen LogP contribution in [0.15, 0.2) is 59.6 Å². The van der Waals surface area contributed by atoms with E-state index < -0.39 is 0 Å². The molecule has 2 fully saturated rings. The number of guanidine groups is 1. The Kier molecular flexibility index (Phi) is 8.75. The number of benzene rings is 2. The van der Waals surface area contributed by atoms with Crippen molar-refractivity contribution in [3.8, 4) is 0 Å². The number of nitrogens with zero attached hydrogens (tertiary/aromatic N) is 3. The van der Waals surface area contributed by atoms with Gasteiger partial charge in [-0.2, -0.15) is 0 Å². The summed E-state index contributed by atoms with van der Waals surface area (Å²) in [5.41, 5.74) is 3.84. The fourth-order valence-electron chi connectivity index (χ4n) is 4.58. The van der Waals surface area contributed by atoms with Crippen molar-refractivity contribution in [2.24, 2.45) is 10.9 Å².